The van der Waals surface area contributed by atoms with Crippen molar-refractivity contribution in [2.75, 3.05) is 19.7 Å². The second-order valence-corrected chi connectivity index (χ2v) is 8.25. The maximum atomic E-state index is 12.7. The Kier molecular flexibility index (Phi) is 5.21. The standard InChI is InChI=1S/C19H23NO3S/c1-16-9-11-18(12-10-16)23-15-17-6-5-13-20(14-17)24(21,22)19-7-3-2-4-8-19/h2-4,7-12,17H,5-6,13-15H2,1H3. The van der Waals surface area contributed by atoms with Crippen LogP contribution in [0.5, 0.6) is 5.75 Å². The zero-order valence-corrected chi connectivity index (χ0v) is 14.7. The minimum atomic E-state index is -3.41. The van der Waals surface area contributed by atoms with Gasteiger partial charge in [0.05, 0.1) is 11.5 Å². The number of aryl methyl sites for hydroxylation is 1. The molecule has 2 aromatic carbocycles. The molecule has 1 heterocycles. The Morgan fingerprint density at radius 3 is 2.50 bits per heavy atom. The molecule has 0 aromatic heterocycles. The van der Waals surface area contributed by atoms with Crippen LogP contribution in [0.25, 0.3) is 0 Å². The van der Waals surface area contributed by atoms with E-state index in [0.717, 1.165) is 18.6 Å². The van der Waals surface area contributed by atoms with E-state index in [4.69, 9.17) is 4.74 Å². The molecule has 3 rings (SSSR count). The van der Waals surface area contributed by atoms with Crippen molar-refractivity contribution in [3.05, 3.63) is 60.2 Å². The molecule has 0 aliphatic carbocycles. The summed E-state index contributed by atoms with van der Waals surface area (Å²) in [5.41, 5.74) is 1.19. The third-order valence-electron chi connectivity index (χ3n) is 4.37. The van der Waals surface area contributed by atoms with Gasteiger partial charge in [-0.05, 0) is 44.0 Å². The number of hydrogen-bond acceptors (Lipinski definition) is 3. The maximum absolute atomic E-state index is 12.7. The van der Waals surface area contributed by atoms with Crippen LogP contribution in [0.4, 0.5) is 0 Å². The van der Waals surface area contributed by atoms with E-state index in [9.17, 15) is 8.42 Å². The van der Waals surface area contributed by atoms with Crippen molar-refractivity contribution in [2.45, 2.75) is 24.7 Å². The van der Waals surface area contributed by atoms with Gasteiger partial charge in [0.25, 0.3) is 0 Å². The van der Waals surface area contributed by atoms with Gasteiger partial charge in [-0.2, -0.15) is 4.31 Å². The van der Waals surface area contributed by atoms with Gasteiger partial charge >= 0.3 is 0 Å². The molecular formula is C19H23NO3S. The van der Waals surface area contributed by atoms with Crippen LogP contribution in [0, 0.1) is 12.8 Å². The van der Waals surface area contributed by atoms with E-state index in [2.05, 4.69) is 0 Å². The lowest BCUT2D eigenvalue weighted by atomic mass is 10.0. The molecule has 0 saturated carbocycles. The van der Waals surface area contributed by atoms with E-state index >= 15 is 0 Å². The summed E-state index contributed by atoms with van der Waals surface area (Å²) in [6.45, 7) is 3.68. The molecule has 5 heteroatoms. The molecular weight excluding hydrogens is 322 g/mol. The van der Waals surface area contributed by atoms with Crippen LogP contribution in [0.3, 0.4) is 0 Å². The lowest BCUT2D eigenvalue weighted by Gasteiger charge is -2.31. The summed E-state index contributed by atoms with van der Waals surface area (Å²) >= 11 is 0. The van der Waals surface area contributed by atoms with Gasteiger partial charge in [0.15, 0.2) is 0 Å². The van der Waals surface area contributed by atoms with Gasteiger partial charge in [0.2, 0.25) is 10.0 Å². The van der Waals surface area contributed by atoms with Crippen molar-refractivity contribution < 1.29 is 13.2 Å². The first kappa shape index (κ1) is 17.0. The van der Waals surface area contributed by atoms with Gasteiger partial charge in [0, 0.05) is 19.0 Å². The molecule has 24 heavy (non-hydrogen) atoms. The first-order chi connectivity index (χ1) is 11.6. The summed E-state index contributed by atoms with van der Waals surface area (Å²) in [6, 6.07) is 16.6. The molecule has 1 aliphatic rings. The highest BCUT2D eigenvalue weighted by Gasteiger charge is 2.30. The highest BCUT2D eigenvalue weighted by Crippen LogP contribution is 2.24. The summed E-state index contributed by atoms with van der Waals surface area (Å²) in [5, 5.41) is 0. The molecule has 1 saturated heterocycles. The highest BCUT2D eigenvalue weighted by molar-refractivity contribution is 7.89. The fraction of sp³-hybridized carbons (Fsp3) is 0.368. The van der Waals surface area contributed by atoms with Crippen molar-refractivity contribution in [1.29, 1.82) is 0 Å². The van der Waals surface area contributed by atoms with Gasteiger partial charge in [-0.1, -0.05) is 35.9 Å². The Morgan fingerprint density at radius 1 is 1.08 bits per heavy atom. The highest BCUT2D eigenvalue weighted by atomic mass is 32.2. The molecule has 128 valence electrons. The topological polar surface area (TPSA) is 46.6 Å². The van der Waals surface area contributed by atoms with Gasteiger partial charge < -0.3 is 4.74 Å². The van der Waals surface area contributed by atoms with Crippen LogP contribution in [0.1, 0.15) is 18.4 Å². The Bertz CT molecular complexity index is 757. The third kappa shape index (κ3) is 3.97. The van der Waals surface area contributed by atoms with E-state index in [1.165, 1.54) is 5.56 Å². The fourth-order valence-corrected chi connectivity index (χ4v) is 4.55. The SMILES string of the molecule is Cc1ccc(OCC2CCCN(S(=O)(=O)c3ccccc3)C2)cc1. The zero-order chi connectivity index (χ0) is 17.0. The van der Waals surface area contributed by atoms with Crippen LogP contribution in [-0.2, 0) is 10.0 Å². The number of piperidine rings is 1. The number of rotatable bonds is 5. The van der Waals surface area contributed by atoms with Crippen molar-refractivity contribution in [2.24, 2.45) is 5.92 Å². The van der Waals surface area contributed by atoms with Gasteiger partial charge in [-0.3, -0.25) is 0 Å². The van der Waals surface area contributed by atoms with Crippen molar-refractivity contribution >= 4 is 10.0 Å². The van der Waals surface area contributed by atoms with E-state index < -0.39 is 10.0 Å². The predicted octanol–water partition coefficient (Wildman–Crippen LogP) is 3.47. The molecule has 0 N–H and O–H groups in total. The second kappa shape index (κ2) is 7.36. The quantitative estimate of drug-likeness (QED) is 0.833. The number of sulfonamides is 1. The number of hydrogen-bond donors (Lipinski definition) is 0. The van der Waals surface area contributed by atoms with Crippen LogP contribution in [-0.4, -0.2) is 32.4 Å². The maximum Gasteiger partial charge on any atom is 0.243 e. The van der Waals surface area contributed by atoms with Gasteiger partial charge in [-0.15, -0.1) is 0 Å². The molecule has 1 fully saturated rings. The summed E-state index contributed by atoms with van der Waals surface area (Å²) in [6.07, 6.45) is 1.86. The molecule has 0 radical (unpaired) electrons. The number of nitrogens with zero attached hydrogens (tertiary/aromatic N) is 1. The first-order valence-corrected chi connectivity index (χ1v) is 9.74. The molecule has 1 aliphatic heterocycles. The third-order valence-corrected chi connectivity index (χ3v) is 6.25. The minimum absolute atomic E-state index is 0.221. The average Bonchev–Trinajstić information content (AvgIpc) is 2.62. The molecule has 4 nitrogen and oxygen atoms in total. The summed E-state index contributed by atoms with van der Waals surface area (Å²) in [4.78, 5) is 0.366. The lowest BCUT2D eigenvalue weighted by Crippen LogP contribution is -2.41. The van der Waals surface area contributed by atoms with Crippen LogP contribution < -0.4 is 4.74 Å². The van der Waals surface area contributed by atoms with E-state index in [1.807, 2.05) is 37.3 Å². The van der Waals surface area contributed by atoms with E-state index in [-0.39, 0.29) is 5.92 Å². The summed E-state index contributed by atoms with van der Waals surface area (Å²) < 4.78 is 32.9. The Balaban J connectivity index is 1.63. The van der Waals surface area contributed by atoms with Crippen LogP contribution in [0.2, 0.25) is 0 Å². The smallest absolute Gasteiger partial charge is 0.243 e. The van der Waals surface area contributed by atoms with Crippen LogP contribution in [0.15, 0.2) is 59.5 Å². The van der Waals surface area contributed by atoms with E-state index in [1.54, 1.807) is 28.6 Å². The zero-order valence-electron chi connectivity index (χ0n) is 13.9. The number of ether oxygens (including phenoxy) is 1. The molecule has 1 unspecified atom stereocenters. The Hall–Kier alpha value is -1.85. The Labute approximate surface area is 144 Å². The summed E-state index contributed by atoms with van der Waals surface area (Å²) in [7, 11) is -3.41. The molecule has 0 spiro atoms. The van der Waals surface area contributed by atoms with Crippen molar-refractivity contribution in [1.82, 2.24) is 4.31 Å². The monoisotopic (exact) mass is 345 g/mol. The summed E-state index contributed by atoms with van der Waals surface area (Å²) in [5.74, 6) is 1.06. The molecule has 0 amide bonds. The molecule has 0 bridgehead atoms. The Morgan fingerprint density at radius 2 is 1.79 bits per heavy atom. The van der Waals surface area contributed by atoms with Gasteiger partial charge in [0.1, 0.15) is 5.75 Å². The normalized spacial score (nSPS) is 19.1. The lowest BCUT2D eigenvalue weighted by molar-refractivity contribution is 0.180. The van der Waals surface area contributed by atoms with E-state index in [0.29, 0.717) is 24.6 Å². The average molecular weight is 345 g/mol. The van der Waals surface area contributed by atoms with Crippen molar-refractivity contribution in [3.63, 3.8) is 0 Å². The fourth-order valence-electron chi connectivity index (χ4n) is 2.97. The molecule has 1 atom stereocenters. The first-order valence-electron chi connectivity index (χ1n) is 8.30. The van der Waals surface area contributed by atoms with Crippen molar-refractivity contribution in [3.8, 4) is 5.75 Å². The predicted molar refractivity (Wildman–Crippen MR) is 94.6 cm³/mol. The number of benzene rings is 2. The largest absolute Gasteiger partial charge is 0.493 e. The van der Waals surface area contributed by atoms with Gasteiger partial charge in [-0.25, -0.2) is 8.42 Å². The minimum Gasteiger partial charge on any atom is -0.493 e. The second-order valence-electron chi connectivity index (χ2n) is 6.31. The van der Waals surface area contributed by atoms with Crippen LogP contribution >= 0.6 is 0 Å². The molecule has 2 aromatic rings.